The number of aliphatic hydroxyl groups is 1. The Balaban J connectivity index is 1.39. The molecular weight excluding hydrogens is 473 g/mol. The zero-order valence-electron chi connectivity index (χ0n) is 20.9. The van der Waals surface area contributed by atoms with Gasteiger partial charge >= 0.3 is 0 Å². The summed E-state index contributed by atoms with van der Waals surface area (Å²) in [6.45, 7) is 3.61. The number of para-hydroxylation sites is 1. The summed E-state index contributed by atoms with van der Waals surface area (Å²) in [5.74, 6) is 1.33. The molecule has 5 rings (SSSR count). The minimum atomic E-state index is -0.655. The number of aromatic nitrogens is 2. The molecule has 7 nitrogen and oxygen atoms in total. The second-order valence-electron chi connectivity index (χ2n) is 9.30. The van der Waals surface area contributed by atoms with Gasteiger partial charge < -0.3 is 19.0 Å². The molecule has 0 radical (unpaired) electrons. The molecule has 1 unspecified atom stereocenters. The maximum atomic E-state index is 14.0. The van der Waals surface area contributed by atoms with E-state index in [1.54, 1.807) is 23.1 Å². The standard InChI is InChI=1S/C29H32FN3O4/c1-2-28-27(18-32(22-13-14-22)17-24(34)19-35-20-26-12-7-15-36-26)29(37-25-11-6-8-21(30)16-25)33(31-28)23-9-4-3-5-10-23/h3-12,15-16,22,24,34H,2,13-14,17-20H2,1H3. The first-order valence-electron chi connectivity index (χ1n) is 12.7. The minimum Gasteiger partial charge on any atom is -0.467 e. The van der Waals surface area contributed by atoms with Gasteiger partial charge in [-0.1, -0.05) is 31.2 Å². The molecule has 1 fully saturated rings. The molecule has 0 saturated heterocycles. The predicted molar refractivity (Wildman–Crippen MR) is 137 cm³/mol. The van der Waals surface area contributed by atoms with Gasteiger partial charge in [0.15, 0.2) is 0 Å². The molecule has 8 heteroatoms. The molecule has 2 aromatic heterocycles. The summed E-state index contributed by atoms with van der Waals surface area (Å²) in [5.41, 5.74) is 2.70. The van der Waals surface area contributed by atoms with Crippen LogP contribution in [0.5, 0.6) is 11.6 Å². The first kappa shape index (κ1) is 25.2. The number of ether oxygens (including phenoxy) is 2. The summed E-state index contributed by atoms with van der Waals surface area (Å²) >= 11 is 0. The van der Waals surface area contributed by atoms with Crippen molar-refractivity contribution in [1.82, 2.24) is 14.7 Å². The van der Waals surface area contributed by atoms with E-state index in [2.05, 4.69) is 11.8 Å². The van der Waals surface area contributed by atoms with Crippen molar-refractivity contribution in [3.8, 4) is 17.3 Å². The highest BCUT2D eigenvalue weighted by Crippen LogP contribution is 2.35. The van der Waals surface area contributed by atoms with Crippen LogP contribution in [0.25, 0.3) is 5.69 Å². The minimum absolute atomic E-state index is 0.209. The van der Waals surface area contributed by atoms with Crippen LogP contribution in [0.15, 0.2) is 77.4 Å². The van der Waals surface area contributed by atoms with Crippen LogP contribution in [-0.4, -0.2) is 45.1 Å². The van der Waals surface area contributed by atoms with Crippen molar-refractivity contribution in [2.45, 2.75) is 51.5 Å². The third kappa shape index (κ3) is 6.46. The summed E-state index contributed by atoms with van der Waals surface area (Å²) in [6, 6.07) is 19.9. The topological polar surface area (TPSA) is 72.9 Å². The van der Waals surface area contributed by atoms with Gasteiger partial charge in [-0.3, -0.25) is 4.90 Å². The average Bonchev–Trinajstić information content (AvgIpc) is 3.52. The lowest BCUT2D eigenvalue weighted by Crippen LogP contribution is -2.36. The molecule has 4 aromatic rings. The molecule has 1 saturated carbocycles. The van der Waals surface area contributed by atoms with E-state index in [9.17, 15) is 9.50 Å². The van der Waals surface area contributed by atoms with Crippen molar-refractivity contribution in [3.05, 3.63) is 95.8 Å². The van der Waals surface area contributed by atoms with Gasteiger partial charge in [-0.25, -0.2) is 9.07 Å². The molecule has 1 aliphatic carbocycles. The van der Waals surface area contributed by atoms with Crippen LogP contribution in [0.1, 0.15) is 36.8 Å². The van der Waals surface area contributed by atoms with Gasteiger partial charge in [-0.15, -0.1) is 0 Å². The highest BCUT2D eigenvalue weighted by molar-refractivity contribution is 5.44. The van der Waals surface area contributed by atoms with E-state index < -0.39 is 6.10 Å². The summed E-state index contributed by atoms with van der Waals surface area (Å²) < 4.78 is 33.0. The third-order valence-corrected chi connectivity index (χ3v) is 6.37. The number of furan rings is 1. The first-order valence-corrected chi connectivity index (χ1v) is 12.7. The normalized spacial score (nSPS) is 14.3. The Kier molecular flexibility index (Phi) is 7.99. The van der Waals surface area contributed by atoms with E-state index in [1.165, 1.54) is 12.1 Å². The Morgan fingerprint density at radius 1 is 1.14 bits per heavy atom. The molecule has 194 valence electrons. The van der Waals surface area contributed by atoms with Gasteiger partial charge in [0.25, 0.3) is 0 Å². The maximum absolute atomic E-state index is 14.0. The van der Waals surface area contributed by atoms with Crippen LogP contribution < -0.4 is 4.74 Å². The number of aliphatic hydroxyl groups excluding tert-OH is 1. The fourth-order valence-electron chi connectivity index (χ4n) is 4.41. The van der Waals surface area contributed by atoms with Crippen LogP contribution >= 0.6 is 0 Å². The molecule has 1 aliphatic rings. The summed E-state index contributed by atoms with van der Waals surface area (Å²) in [6.07, 6.45) is 3.82. The zero-order chi connectivity index (χ0) is 25.6. The van der Waals surface area contributed by atoms with Gasteiger partial charge in [0, 0.05) is 25.2 Å². The van der Waals surface area contributed by atoms with Crippen molar-refractivity contribution in [3.63, 3.8) is 0 Å². The summed E-state index contributed by atoms with van der Waals surface area (Å²) in [4.78, 5) is 2.27. The first-order chi connectivity index (χ1) is 18.1. The molecule has 1 atom stereocenters. The quantitative estimate of drug-likeness (QED) is 0.259. The SMILES string of the molecule is CCc1nn(-c2ccccc2)c(Oc2cccc(F)c2)c1CN(CC(O)COCc1ccco1)C1CC1. The lowest BCUT2D eigenvalue weighted by Gasteiger charge is -2.25. The van der Waals surface area contributed by atoms with Gasteiger partial charge in [-0.05, 0) is 55.7 Å². The molecule has 0 bridgehead atoms. The van der Waals surface area contributed by atoms with E-state index in [4.69, 9.17) is 19.0 Å². The zero-order valence-corrected chi connectivity index (χ0v) is 20.9. The van der Waals surface area contributed by atoms with Crippen LogP contribution in [-0.2, 0) is 24.3 Å². The third-order valence-electron chi connectivity index (χ3n) is 6.37. The maximum Gasteiger partial charge on any atom is 0.227 e. The Bertz CT molecular complexity index is 1270. The van der Waals surface area contributed by atoms with Gasteiger partial charge in [0.1, 0.15) is 23.9 Å². The molecule has 2 aromatic carbocycles. The summed E-state index contributed by atoms with van der Waals surface area (Å²) in [7, 11) is 0. The highest BCUT2D eigenvalue weighted by Gasteiger charge is 2.33. The average molecular weight is 506 g/mol. The Morgan fingerprint density at radius 3 is 2.68 bits per heavy atom. The van der Waals surface area contributed by atoms with E-state index in [-0.39, 0.29) is 12.4 Å². The lowest BCUT2D eigenvalue weighted by atomic mass is 10.1. The van der Waals surface area contributed by atoms with E-state index in [0.29, 0.717) is 43.8 Å². The Morgan fingerprint density at radius 2 is 1.97 bits per heavy atom. The largest absolute Gasteiger partial charge is 0.467 e. The van der Waals surface area contributed by atoms with E-state index in [0.717, 1.165) is 35.5 Å². The molecule has 0 aliphatic heterocycles. The second kappa shape index (κ2) is 11.7. The number of rotatable bonds is 13. The molecular formula is C29H32FN3O4. The van der Waals surface area contributed by atoms with Crippen LogP contribution in [0.2, 0.25) is 0 Å². The molecule has 2 heterocycles. The van der Waals surface area contributed by atoms with Gasteiger partial charge in [-0.2, -0.15) is 5.10 Å². The number of benzene rings is 2. The number of aryl methyl sites for hydroxylation is 1. The molecule has 37 heavy (non-hydrogen) atoms. The second-order valence-corrected chi connectivity index (χ2v) is 9.30. The fourth-order valence-corrected chi connectivity index (χ4v) is 4.41. The Labute approximate surface area is 216 Å². The number of hydrogen-bond donors (Lipinski definition) is 1. The molecule has 0 amide bonds. The van der Waals surface area contributed by atoms with Crippen molar-refractivity contribution < 1.29 is 23.4 Å². The van der Waals surface area contributed by atoms with Crippen LogP contribution in [0, 0.1) is 5.82 Å². The highest BCUT2D eigenvalue weighted by atomic mass is 19.1. The van der Waals surface area contributed by atoms with Crippen molar-refractivity contribution in [2.75, 3.05) is 13.2 Å². The number of nitrogens with zero attached hydrogens (tertiary/aromatic N) is 3. The van der Waals surface area contributed by atoms with Crippen LogP contribution in [0.3, 0.4) is 0 Å². The van der Waals surface area contributed by atoms with Crippen molar-refractivity contribution >= 4 is 0 Å². The molecule has 1 N–H and O–H groups in total. The lowest BCUT2D eigenvalue weighted by molar-refractivity contribution is 0.00235. The monoisotopic (exact) mass is 505 g/mol. The number of hydrogen-bond acceptors (Lipinski definition) is 6. The number of halogens is 1. The predicted octanol–water partition coefficient (Wildman–Crippen LogP) is 5.50. The fraction of sp³-hybridized carbons (Fsp3) is 0.345. The van der Waals surface area contributed by atoms with Crippen molar-refractivity contribution in [2.24, 2.45) is 0 Å². The van der Waals surface area contributed by atoms with Gasteiger partial charge in [0.2, 0.25) is 5.88 Å². The van der Waals surface area contributed by atoms with E-state index in [1.807, 2.05) is 42.5 Å². The summed E-state index contributed by atoms with van der Waals surface area (Å²) in [5, 5.41) is 15.6. The van der Waals surface area contributed by atoms with Crippen molar-refractivity contribution in [1.29, 1.82) is 0 Å². The van der Waals surface area contributed by atoms with E-state index >= 15 is 0 Å². The smallest absolute Gasteiger partial charge is 0.227 e. The molecule has 0 spiro atoms. The van der Waals surface area contributed by atoms with Crippen LogP contribution in [0.4, 0.5) is 4.39 Å². The van der Waals surface area contributed by atoms with Gasteiger partial charge in [0.05, 0.1) is 35.9 Å². The Hall–Kier alpha value is -3.46.